The van der Waals surface area contributed by atoms with E-state index in [9.17, 15) is 9.59 Å². The zero-order chi connectivity index (χ0) is 20.2. The number of anilines is 3. The molecule has 0 fully saturated rings. The van der Waals surface area contributed by atoms with E-state index in [1.807, 2.05) is 48.5 Å². The van der Waals surface area contributed by atoms with Crippen LogP contribution in [0.3, 0.4) is 0 Å². The molecule has 29 heavy (non-hydrogen) atoms. The molecule has 0 aromatic heterocycles. The molecule has 1 heterocycles. The van der Waals surface area contributed by atoms with E-state index in [0.29, 0.717) is 17.0 Å². The van der Waals surface area contributed by atoms with Crippen molar-refractivity contribution in [2.24, 2.45) is 0 Å². The van der Waals surface area contributed by atoms with Crippen molar-refractivity contribution >= 4 is 40.6 Å². The van der Waals surface area contributed by atoms with Crippen molar-refractivity contribution < 1.29 is 9.59 Å². The van der Waals surface area contributed by atoms with E-state index < -0.39 is 0 Å². The van der Waals surface area contributed by atoms with E-state index >= 15 is 0 Å². The Balaban J connectivity index is 1.40. The predicted molar refractivity (Wildman–Crippen MR) is 119 cm³/mol. The first-order chi connectivity index (χ1) is 14.1. The van der Waals surface area contributed by atoms with Crippen LogP contribution < -0.4 is 15.5 Å². The van der Waals surface area contributed by atoms with Crippen LogP contribution in [0.4, 0.5) is 17.1 Å². The van der Waals surface area contributed by atoms with Crippen molar-refractivity contribution in [1.29, 1.82) is 0 Å². The number of carbonyl (C=O) groups is 2. The first kappa shape index (κ1) is 19.1. The van der Waals surface area contributed by atoms with Gasteiger partial charge in [-0.15, -0.1) is 11.8 Å². The van der Waals surface area contributed by atoms with Crippen LogP contribution in [0.5, 0.6) is 0 Å². The lowest BCUT2D eigenvalue weighted by Gasteiger charge is -2.19. The van der Waals surface area contributed by atoms with Crippen LogP contribution in [0.1, 0.15) is 15.9 Å². The monoisotopic (exact) mass is 403 g/mol. The average molecular weight is 404 g/mol. The molecule has 2 N–H and O–H groups in total. The summed E-state index contributed by atoms with van der Waals surface area (Å²) < 4.78 is 0. The zero-order valence-corrected chi connectivity index (χ0v) is 16.8. The van der Waals surface area contributed by atoms with Crippen molar-refractivity contribution in [2.75, 3.05) is 28.3 Å². The lowest BCUT2D eigenvalue weighted by molar-refractivity contribution is -0.113. The lowest BCUT2D eigenvalue weighted by atomic mass is 10.1. The number of amides is 2. The molecule has 5 nitrogen and oxygen atoms in total. The second-order valence-corrected chi connectivity index (χ2v) is 7.91. The molecule has 6 heteroatoms. The summed E-state index contributed by atoms with van der Waals surface area (Å²) in [6.07, 6.45) is 0. The van der Waals surface area contributed by atoms with Gasteiger partial charge in [-0.25, -0.2) is 0 Å². The van der Waals surface area contributed by atoms with Crippen LogP contribution in [-0.2, 0) is 11.3 Å². The van der Waals surface area contributed by atoms with Crippen LogP contribution in [0.15, 0.2) is 77.7 Å². The summed E-state index contributed by atoms with van der Waals surface area (Å²) in [7, 11) is 2.05. The van der Waals surface area contributed by atoms with Gasteiger partial charge in [0.25, 0.3) is 5.91 Å². The fourth-order valence-electron chi connectivity index (χ4n) is 3.17. The number of nitrogens with one attached hydrogen (secondary N) is 2. The van der Waals surface area contributed by atoms with Gasteiger partial charge >= 0.3 is 0 Å². The normalized spacial score (nSPS) is 12.7. The Hall–Kier alpha value is -3.25. The molecule has 2 amide bonds. The third-order valence-corrected chi connectivity index (χ3v) is 5.78. The maximum absolute atomic E-state index is 12.6. The number of hydrogen-bond acceptors (Lipinski definition) is 4. The molecule has 0 radical (unpaired) electrons. The minimum absolute atomic E-state index is 0.0453. The van der Waals surface area contributed by atoms with Gasteiger partial charge in [0.2, 0.25) is 5.91 Å². The Morgan fingerprint density at radius 3 is 2.59 bits per heavy atom. The molecule has 4 rings (SSSR count). The van der Waals surface area contributed by atoms with Crippen LogP contribution in [0, 0.1) is 0 Å². The average Bonchev–Trinajstić information content (AvgIpc) is 2.75. The summed E-state index contributed by atoms with van der Waals surface area (Å²) in [5.41, 5.74) is 4.25. The molecular weight excluding hydrogens is 382 g/mol. The van der Waals surface area contributed by atoms with Crippen molar-refractivity contribution in [1.82, 2.24) is 0 Å². The van der Waals surface area contributed by atoms with Gasteiger partial charge in [-0.1, -0.05) is 30.3 Å². The molecule has 1 aliphatic rings. The third-order valence-electron chi connectivity index (χ3n) is 4.70. The fourth-order valence-corrected chi connectivity index (χ4v) is 3.96. The molecule has 0 bridgehead atoms. The minimum Gasteiger partial charge on any atom is -0.370 e. The fraction of sp³-hybridized carbons (Fsp3) is 0.130. The molecule has 0 spiro atoms. The highest BCUT2D eigenvalue weighted by Crippen LogP contribution is 2.32. The van der Waals surface area contributed by atoms with E-state index in [-0.39, 0.29) is 11.8 Å². The number of carbonyl (C=O) groups excluding carboxylic acids is 2. The van der Waals surface area contributed by atoms with Gasteiger partial charge in [0.1, 0.15) is 0 Å². The SMILES string of the molecule is CN(Cc1ccc(NC(=O)c2ccc3c(c2)NC(=O)CS3)cc1)c1ccccc1. The number of rotatable bonds is 5. The smallest absolute Gasteiger partial charge is 0.255 e. The Morgan fingerprint density at radius 1 is 1.07 bits per heavy atom. The van der Waals surface area contributed by atoms with Gasteiger partial charge in [-0.05, 0) is 48.0 Å². The highest BCUT2D eigenvalue weighted by atomic mass is 32.2. The number of nitrogens with zero attached hydrogens (tertiary/aromatic N) is 1. The number of hydrogen-bond donors (Lipinski definition) is 2. The summed E-state index contributed by atoms with van der Waals surface area (Å²) in [5.74, 6) is 0.160. The quantitative estimate of drug-likeness (QED) is 0.653. The predicted octanol–water partition coefficient (Wildman–Crippen LogP) is 4.62. The number of benzene rings is 3. The van der Waals surface area contributed by atoms with Crippen LogP contribution in [0.25, 0.3) is 0 Å². The maximum atomic E-state index is 12.6. The van der Waals surface area contributed by atoms with Gasteiger partial charge in [0, 0.05) is 35.4 Å². The Kier molecular flexibility index (Phi) is 5.53. The van der Waals surface area contributed by atoms with Gasteiger partial charge in [0.15, 0.2) is 0 Å². The minimum atomic E-state index is -0.202. The van der Waals surface area contributed by atoms with E-state index in [1.54, 1.807) is 12.1 Å². The zero-order valence-electron chi connectivity index (χ0n) is 16.0. The summed E-state index contributed by atoms with van der Waals surface area (Å²) in [4.78, 5) is 27.3. The molecule has 1 aliphatic heterocycles. The lowest BCUT2D eigenvalue weighted by Crippen LogP contribution is -2.20. The molecular formula is C23H21N3O2S. The highest BCUT2D eigenvalue weighted by Gasteiger charge is 2.17. The van der Waals surface area contributed by atoms with Gasteiger partial charge in [-0.2, -0.15) is 0 Å². The molecule has 0 saturated heterocycles. The third kappa shape index (κ3) is 4.60. The van der Waals surface area contributed by atoms with E-state index in [2.05, 4.69) is 34.7 Å². The van der Waals surface area contributed by atoms with Gasteiger partial charge < -0.3 is 15.5 Å². The molecule has 0 saturated carbocycles. The van der Waals surface area contributed by atoms with Crippen molar-refractivity contribution in [2.45, 2.75) is 11.4 Å². The number of fused-ring (bicyclic) bond motifs is 1. The molecule has 146 valence electrons. The Labute approximate surface area is 174 Å². The first-order valence-corrected chi connectivity index (χ1v) is 10.3. The Bertz CT molecular complexity index is 1040. The van der Waals surface area contributed by atoms with E-state index in [4.69, 9.17) is 0 Å². The summed E-state index contributed by atoms with van der Waals surface area (Å²) in [5, 5.41) is 5.73. The van der Waals surface area contributed by atoms with Crippen molar-refractivity contribution in [3.63, 3.8) is 0 Å². The molecule has 3 aromatic carbocycles. The number of para-hydroxylation sites is 1. The van der Waals surface area contributed by atoms with Gasteiger partial charge in [0.05, 0.1) is 11.4 Å². The summed E-state index contributed by atoms with van der Waals surface area (Å²) in [6, 6.07) is 23.4. The van der Waals surface area contributed by atoms with E-state index in [0.717, 1.165) is 28.4 Å². The first-order valence-electron chi connectivity index (χ1n) is 9.32. The molecule has 0 atom stereocenters. The second kappa shape index (κ2) is 8.41. The van der Waals surface area contributed by atoms with Crippen LogP contribution in [0.2, 0.25) is 0 Å². The topological polar surface area (TPSA) is 61.4 Å². The van der Waals surface area contributed by atoms with E-state index in [1.165, 1.54) is 11.8 Å². The van der Waals surface area contributed by atoms with Crippen molar-refractivity contribution in [3.8, 4) is 0 Å². The standard InChI is InChI=1S/C23H21N3O2S/c1-26(19-5-3-2-4-6-19)14-16-7-10-18(11-8-16)24-23(28)17-9-12-21-20(13-17)25-22(27)15-29-21/h2-13H,14-15H2,1H3,(H,24,28)(H,25,27). The number of thioether (sulfide) groups is 1. The largest absolute Gasteiger partial charge is 0.370 e. The van der Waals surface area contributed by atoms with Crippen LogP contribution in [-0.4, -0.2) is 24.6 Å². The molecule has 3 aromatic rings. The summed E-state index contributed by atoms with van der Waals surface area (Å²) in [6.45, 7) is 0.778. The van der Waals surface area contributed by atoms with Crippen LogP contribution >= 0.6 is 11.8 Å². The molecule has 0 unspecified atom stereocenters. The van der Waals surface area contributed by atoms with Gasteiger partial charge in [-0.3, -0.25) is 9.59 Å². The van der Waals surface area contributed by atoms with Crippen molar-refractivity contribution in [3.05, 3.63) is 83.9 Å². The summed E-state index contributed by atoms with van der Waals surface area (Å²) >= 11 is 1.48. The highest BCUT2D eigenvalue weighted by molar-refractivity contribution is 8.00. The second-order valence-electron chi connectivity index (χ2n) is 6.89. The maximum Gasteiger partial charge on any atom is 0.255 e. The molecule has 0 aliphatic carbocycles. The Morgan fingerprint density at radius 2 is 1.83 bits per heavy atom.